The summed E-state index contributed by atoms with van der Waals surface area (Å²) < 4.78 is 0. The highest BCUT2D eigenvalue weighted by Gasteiger charge is 2.22. The van der Waals surface area contributed by atoms with Crippen LogP contribution in [0.1, 0.15) is 74.2 Å². The second kappa shape index (κ2) is 6.76. The van der Waals surface area contributed by atoms with E-state index in [1.54, 1.807) is 0 Å². The van der Waals surface area contributed by atoms with Gasteiger partial charge in [0, 0.05) is 12.1 Å². The molecule has 2 rings (SSSR count). The number of rotatable bonds is 4. The molecule has 0 spiro atoms. The van der Waals surface area contributed by atoms with E-state index in [4.69, 9.17) is 0 Å². The predicted molar refractivity (Wildman–Crippen MR) is 88.2 cm³/mol. The summed E-state index contributed by atoms with van der Waals surface area (Å²) in [6, 6.07) is 5.89. The second-order valence-electron chi connectivity index (χ2n) is 6.81. The minimum Gasteiger partial charge on any atom is -0.307 e. The van der Waals surface area contributed by atoms with Crippen LogP contribution in [0.25, 0.3) is 0 Å². The summed E-state index contributed by atoms with van der Waals surface area (Å²) in [5.41, 5.74) is 5.72. The summed E-state index contributed by atoms with van der Waals surface area (Å²) in [6.07, 6.45) is 6.89. The maximum atomic E-state index is 3.87. The van der Waals surface area contributed by atoms with Gasteiger partial charge in [-0.25, -0.2) is 0 Å². The standard InChI is InChI=1S/C19H31N/c1-6-17-7-9-18(10-8-17)20-16(5)19-12-14(3)13(2)11-15(19)4/h11-12,16-18,20H,6-10H2,1-5H3. The van der Waals surface area contributed by atoms with Gasteiger partial charge in [0.15, 0.2) is 0 Å². The highest BCUT2D eigenvalue weighted by atomic mass is 14.9. The van der Waals surface area contributed by atoms with E-state index in [-0.39, 0.29) is 0 Å². The SMILES string of the molecule is CCC1CCC(NC(C)c2cc(C)c(C)cc2C)CC1. The Bertz CT molecular complexity index is 441. The number of benzene rings is 1. The van der Waals surface area contributed by atoms with Crippen LogP contribution in [0.3, 0.4) is 0 Å². The number of hydrogen-bond acceptors (Lipinski definition) is 1. The monoisotopic (exact) mass is 273 g/mol. The maximum absolute atomic E-state index is 3.87. The van der Waals surface area contributed by atoms with Gasteiger partial charge in [-0.05, 0) is 81.5 Å². The zero-order chi connectivity index (χ0) is 14.7. The van der Waals surface area contributed by atoms with Crippen molar-refractivity contribution in [1.82, 2.24) is 5.32 Å². The Hall–Kier alpha value is -0.820. The minimum absolute atomic E-state index is 0.470. The van der Waals surface area contributed by atoms with E-state index in [0.717, 1.165) is 5.92 Å². The minimum atomic E-state index is 0.470. The second-order valence-corrected chi connectivity index (χ2v) is 6.81. The first-order chi connectivity index (χ1) is 9.51. The summed E-state index contributed by atoms with van der Waals surface area (Å²) in [4.78, 5) is 0. The molecule has 1 fully saturated rings. The van der Waals surface area contributed by atoms with Gasteiger partial charge in [0.1, 0.15) is 0 Å². The molecule has 1 nitrogen and oxygen atoms in total. The third kappa shape index (κ3) is 3.63. The average Bonchev–Trinajstić information content (AvgIpc) is 2.43. The molecule has 1 aromatic rings. The van der Waals surface area contributed by atoms with Crippen molar-refractivity contribution < 1.29 is 0 Å². The van der Waals surface area contributed by atoms with Gasteiger partial charge in [0.25, 0.3) is 0 Å². The Balaban J connectivity index is 1.98. The van der Waals surface area contributed by atoms with Crippen molar-refractivity contribution in [3.05, 3.63) is 34.4 Å². The molecule has 1 aliphatic carbocycles. The van der Waals surface area contributed by atoms with E-state index in [1.807, 2.05) is 0 Å². The summed E-state index contributed by atoms with van der Waals surface area (Å²) in [5, 5.41) is 3.87. The van der Waals surface area contributed by atoms with E-state index in [2.05, 4.69) is 52.1 Å². The molecule has 0 aliphatic heterocycles. The number of hydrogen-bond donors (Lipinski definition) is 1. The van der Waals surface area contributed by atoms with E-state index in [1.165, 1.54) is 54.4 Å². The number of aryl methyl sites for hydroxylation is 3. The Morgan fingerprint density at radius 3 is 2.20 bits per heavy atom. The zero-order valence-electron chi connectivity index (χ0n) is 13.9. The predicted octanol–water partition coefficient (Wildman–Crippen LogP) is 5.23. The van der Waals surface area contributed by atoms with Crippen molar-refractivity contribution >= 4 is 0 Å². The quantitative estimate of drug-likeness (QED) is 0.792. The molecule has 0 saturated heterocycles. The molecule has 0 aromatic heterocycles. The van der Waals surface area contributed by atoms with Gasteiger partial charge < -0.3 is 5.32 Å². The smallest absolute Gasteiger partial charge is 0.0297 e. The van der Waals surface area contributed by atoms with Gasteiger partial charge in [0.2, 0.25) is 0 Å². The molecule has 1 aliphatic rings. The van der Waals surface area contributed by atoms with Gasteiger partial charge in [0.05, 0.1) is 0 Å². The molecule has 1 aromatic carbocycles. The van der Waals surface area contributed by atoms with Crippen LogP contribution in [0, 0.1) is 26.7 Å². The fourth-order valence-corrected chi connectivity index (χ4v) is 3.63. The molecule has 1 N–H and O–H groups in total. The molecule has 0 heterocycles. The van der Waals surface area contributed by atoms with Crippen LogP contribution in [0.4, 0.5) is 0 Å². The van der Waals surface area contributed by atoms with Crippen molar-refractivity contribution in [3.8, 4) is 0 Å². The summed E-state index contributed by atoms with van der Waals surface area (Å²) in [6.45, 7) is 11.3. The van der Waals surface area contributed by atoms with Crippen LogP contribution in [-0.4, -0.2) is 6.04 Å². The van der Waals surface area contributed by atoms with Crippen LogP contribution in [0.2, 0.25) is 0 Å². The molecule has 112 valence electrons. The van der Waals surface area contributed by atoms with Crippen LogP contribution in [0.15, 0.2) is 12.1 Å². The average molecular weight is 273 g/mol. The van der Waals surface area contributed by atoms with Crippen LogP contribution < -0.4 is 5.32 Å². The molecule has 0 amide bonds. The number of nitrogens with one attached hydrogen (secondary N) is 1. The Labute approximate surface area is 125 Å². The topological polar surface area (TPSA) is 12.0 Å². The van der Waals surface area contributed by atoms with Crippen molar-refractivity contribution in [1.29, 1.82) is 0 Å². The maximum Gasteiger partial charge on any atom is 0.0297 e. The van der Waals surface area contributed by atoms with E-state index in [9.17, 15) is 0 Å². The molecule has 0 bridgehead atoms. The highest BCUT2D eigenvalue weighted by molar-refractivity contribution is 5.38. The Morgan fingerprint density at radius 2 is 1.60 bits per heavy atom. The van der Waals surface area contributed by atoms with Crippen LogP contribution in [-0.2, 0) is 0 Å². The van der Waals surface area contributed by atoms with E-state index >= 15 is 0 Å². The van der Waals surface area contributed by atoms with Crippen LogP contribution >= 0.6 is 0 Å². The molecule has 1 heteroatoms. The zero-order valence-corrected chi connectivity index (χ0v) is 13.9. The molecule has 20 heavy (non-hydrogen) atoms. The first-order valence-electron chi connectivity index (χ1n) is 8.35. The lowest BCUT2D eigenvalue weighted by molar-refractivity contribution is 0.273. The van der Waals surface area contributed by atoms with Gasteiger partial charge in [-0.15, -0.1) is 0 Å². The Kier molecular flexibility index (Phi) is 5.26. The van der Waals surface area contributed by atoms with Gasteiger partial charge in [-0.3, -0.25) is 0 Å². The third-order valence-corrected chi connectivity index (χ3v) is 5.26. The fraction of sp³-hybridized carbons (Fsp3) is 0.684. The fourth-order valence-electron chi connectivity index (χ4n) is 3.63. The lowest BCUT2D eigenvalue weighted by Crippen LogP contribution is -2.35. The lowest BCUT2D eigenvalue weighted by atomic mass is 9.84. The molecule has 0 radical (unpaired) electrons. The van der Waals surface area contributed by atoms with Crippen molar-refractivity contribution in [2.24, 2.45) is 5.92 Å². The van der Waals surface area contributed by atoms with E-state index in [0.29, 0.717) is 12.1 Å². The van der Waals surface area contributed by atoms with E-state index < -0.39 is 0 Å². The van der Waals surface area contributed by atoms with Crippen molar-refractivity contribution in [3.63, 3.8) is 0 Å². The summed E-state index contributed by atoms with van der Waals surface area (Å²) in [5.74, 6) is 0.978. The molecule has 1 atom stereocenters. The molecule has 1 unspecified atom stereocenters. The molecular formula is C19H31N. The van der Waals surface area contributed by atoms with Crippen LogP contribution in [0.5, 0.6) is 0 Å². The first kappa shape index (κ1) is 15.6. The Morgan fingerprint density at radius 1 is 1.00 bits per heavy atom. The first-order valence-corrected chi connectivity index (χ1v) is 8.35. The van der Waals surface area contributed by atoms with Crippen molar-refractivity contribution in [2.45, 2.75) is 78.8 Å². The normalized spacial score (nSPS) is 24.6. The highest BCUT2D eigenvalue weighted by Crippen LogP contribution is 2.29. The summed E-state index contributed by atoms with van der Waals surface area (Å²) >= 11 is 0. The largest absolute Gasteiger partial charge is 0.307 e. The lowest BCUT2D eigenvalue weighted by Gasteiger charge is -2.31. The third-order valence-electron chi connectivity index (χ3n) is 5.26. The summed E-state index contributed by atoms with van der Waals surface area (Å²) in [7, 11) is 0. The van der Waals surface area contributed by atoms with Gasteiger partial charge in [-0.1, -0.05) is 25.5 Å². The van der Waals surface area contributed by atoms with Crippen molar-refractivity contribution in [2.75, 3.05) is 0 Å². The molecular weight excluding hydrogens is 242 g/mol. The molecule has 1 saturated carbocycles. The van der Waals surface area contributed by atoms with Gasteiger partial charge >= 0.3 is 0 Å². The van der Waals surface area contributed by atoms with Gasteiger partial charge in [-0.2, -0.15) is 0 Å².